The molecule has 194 valence electrons. The molecule has 0 radical (unpaired) electrons. The van der Waals surface area contributed by atoms with E-state index in [0.717, 1.165) is 39.6 Å². The number of aryl methyl sites for hydroxylation is 4. The van der Waals surface area contributed by atoms with Gasteiger partial charge in [-0.25, -0.2) is 4.79 Å². The Kier molecular flexibility index (Phi) is 7.60. The Hall–Kier alpha value is -3.15. The molecule has 0 saturated heterocycles. The Bertz CT molecular complexity index is 1630. The molecule has 5 heteroatoms. The Morgan fingerprint density at radius 3 is 2.16 bits per heavy atom. The number of hydrogen-bond donors (Lipinski definition) is 1. The number of fused-ring (bicyclic) bond motifs is 2. The van der Waals surface area contributed by atoms with Crippen molar-refractivity contribution in [3.63, 3.8) is 0 Å². The van der Waals surface area contributed by atoms with Crippen LogP contribution < -0.4 is 4.74 Å². The summed E-state index contributed by atoms with van der Waals surface area (Å²) in [4.78, 5) is 13.5. The van der Waals surface area contributed by atoms with Gasteiger partial charge in [-0.15, -0.1) is 11.3 Å². The second-order valence-corrected chi connectivity index (χ2v) is 11.7. The minimum Gasteiger partial charge on any atom is -0.478 e. The van der Waals surface area contributed by atoms with Crippen molar-refractivity contribution in [2.24, 2.45) is 0 Å². The normalized spacial score (nSPS) is 12.2. The number of carbonyl (C=O) groups is 1. The van der Waals surface area contributed by atoms with Crippen LogP contribution in [0.15, 0.2) is 71.2 Å². The van der Waals surface area contributed by atoms with Crippen LogP contribution in [0.4, 0.5) is 0 Å². The van der Waals surface area contributed by atoms with Crippen molar-refractivity contribution >= 4 is 54.1 Å². The third-order valence-electron chi connectivity index (χ3n) is 7.36. The summed E-state index contributed by atoms with van der Waals surface area (Å²) in [7, 11) is 0. The van der Waals surface area contributed by atoms with Crippen LogP contribution in [-0.4, -0.2) is 17.2 Å². The lowest BCUT2D eigenvalue weighted by Gasteiger charge is -2.22. The van der Waals surface area contributed by atoms with Crippen molar-refractivity contribution < 1.29 is 14.6 Å². The number of benzene rings is 4. The van der Waals surface area contributed by atoms with E-state index in [4.69, 9.17) is 4.74 Å². The summed E-state index contributed by atoms with van der Waals surface area (Å²) in [6, 6.07) is 22.6. The first-order valence-electron chi connectivity index (χ1n) is 13.0. The molecule has 0 unspecified atom stereocenters. The third-order valence-corrected chi connectivity index (χ3v) is 9.67. The van der Waals surface area contributed by atoms with Crippen LogP contribution in [0.1, 0.15) is 41.0 Å². The molecule has 5 aromatic rings. The fourth-order valence-electron chi connectivity index (χ4n) is 5.26. The van der Waals surface area contributed by atoms with Gasteiger partial charge in [0, 0.05) is 21.2 Å². The molecule has 0 fully saturated rings. The van der Waals surface area contributed by atoms with Crippen molar-refractivity contribution in [3.05, 3.63) is 98.3 Å². The predicted octanol–water partition coefficient (Wildman–Crippen LogP) is 9.30. The van der Waals surface area contributed by atoms with Crippen LogP contribution in [0.3, 0.4) is 0 Å². The Balaban J connectivity index is 1.70. The van der Waals surface area contributed by atoms with Crippen LogP contribution >= 0.6 is 27.3 Å². The van der Waals surface area contributed by atoms with Crippen molar-refractivity contribution in [3.8, 4) is 16.9 Å². The topological polar surface area (TPSA) is 46.5 Å². The average molecular weight is 588 g/mol. The number of carboxylic acid groups (broad SMARTS) is 1. The van der Waals surface area contributed by atoms with E-state index in [9.17, 15) is 9.90 Å². The van der Waals surface area contributed by atoms with Gasteiger partial charge in [0.2, 0.25) is 0 Å². The monoisotopic (exact) mass is 586 g/mol. The molecule has 0 bridgehead atoms. The minimum atomic E-state index is -0.958. The molecular weight excluding hydrogens is 556 g/mol. The summed E-state index contributed by atoms with van der Waals surface area (Å²) < 4.78 is 8.74. The lowest BCUT2D eigenvalue weighted by molar-refractivity contribution is -0.145. The first kappa shape index (κ1) is 26.5. The van der Waals surface area contributed by atoms with Gasteiger partial charge in [-0.05, 0) is 98.9 Å². The molecular formula is C33H31BrO3S. The number of rotatable bonds is 8. The quantitative estimate of drug-likeness (QED) is 0.197. The molecule has 1 heterocycles. The largest absolute Gasteiger partial charge is 0.478 e. The molecule has 1 aromatic heterocycles. The molecule has 0 aliphatic carbocycles. The zero-order chi connectivity index (χ0) is 27.0. The Morgan fingerprint density at radius 1 is 0.947 bits per heavy atom. The zero-order valence-corrected chi connectivity index (χ0v) is 24.5. The maximum atomic E-state index is 12.2. The van der Waals surface area contributed by atoms with Gasteiger partial charge in [-0.3, -0.25) is 0 Å². The average Bonchev–Trinajstić information content (AvgIpc) is 3.23. The van der Waals surface area contributed by atoms with E-state index in [1.54, 1.807) is 0 Å². The van der Waals surface area contributed by atoms with E-state index in [1.165, 1.54) is 36.9 Å². The summed E-state index contributed by atoms with van der Waals surface area (Å²) in [5, 5.41) is 13.7. The number of thiophene rings is 1. The summed E-state index contributed by atoms with van der Waals surface area (Å²) in [6.45, 7) is 8.60. The van der Waals surface area contributed by atoms with Gasteiger partial charge in [-0.2, -0.15) is 0 Å². The fraction of sp³-hybridized carbons (Fsp3) is 0.242. The fourth-order valence-corrected chi connectivity index (χ4v) is 7.16. The van der Waals surface area contributed by atoms with E-state index in [-0.39, 0.29) is 0 Å². The first-order chi connectivity index (χ1) is 18.3. The molecule has 4 aromatic carbocycles. The molecule has 0 aliphatic heterocycles. The van der Waals surface area contributed by atoms with E-state index in [1.807, 2.05) is 41.7 Å². The van der Waals surface area contributed by atoms with Gasteiger partial charge in [-0.1, -0.05) is 68.4 Å². The summed E-state index contributed by atoms with van der Waals surface area (Å²) in [5.74, 6) is -0.245. The van der Waals surface area contributed by atoms with E-state index >= 15 is 0 Å². The van der Waals surface area contributed by atoms with Gasteiger partial charge < -0.3 is 9.84 Å². The lowest BCUT2D eigenvalue weighted by Crippen LogP contribution is -2.30. The van der Waals surface area contributed by atoms with Crippen molar-refractivity contribution in [2.45, 2.75) is 53.1 Å². The standard InChI is InChI=1S/C33H31BrO3S/c1-5-22-17-24(18-23(6-2)31(22)37-27(33(35)36)16-21-12-8-7-9-13-21)29-25-14-10-11-15-26(25)30(34)32-28(29)19(3)20(4)38-32/h7-15,17-18,27H,5-6,16H2,1-4H3,(H,35,36)/t27-/m1/s1. The van der Waals surface area contributed by atoms with Crippen LogP contribution in [0.2, 0.25) is 0 Å². The van der Waals surface area contributed by atoms with Crippen LogP contribution in [0.5, 0.6) is 5.75 Å². The third kappa shape index (κ3) is 4.74. The number of ether oxygens (including phenoxy) is 1. The summed E-state index contributed by atoms with van der Waals surface area (Å²) >= 11 is 5.73. The Labute approximate surface area is 236 Å². The first-order valence-corrected chi connectivity index (χ1v) is 14.6. The second-order valence-electron chi connectivity index (χ2n) is 9.69. The molecule has 3 nitrogen and oxygen atoms in total. The molecule has 5 rings (SSSR count). The van der Waals surface area contributed by atoms with Crippen molar-refractivity contribution in [2.75, 3.05) is 0 Å². The minimum absolute atomic E-state index is 0.315. The van der Waals surface area contributed by atoms with Gasteiger partial charge in [0.05, 0.1) is 4.70 Å². The maximum Gasteiger partial charge on any atom is 0.345 e. The molecule has 1 atom stereocenters. The summed E-state index contributed by atoms with van der Waals surface area (Å²) in [6.07, 6.45) is 0.844. The maximum absolute atomic E-state index is 12.2. The molecule has 38 heavy (non-hydrogen) atoms. The van der Waals surface area contributed by atoms with E-state index in [0.29, 0.717) is 12.2 Å². The highest BCUT2D eigenvalue weighted by atomic mass is 79.9. The second kappa shape index (κ2) is 10.9. The highest BCUT2D eigenvalue weighted by Gasteiger charge is 2.25. The smallest absolute Gasteiger partial charge is 0.345 e. The molecule has 1 N–H and O–H groups in total. The number of halogens is 1. The van der Waals surface area contributed by atoms with E-state index < -0.39 is 12.1 Å². The molecule has 0 spiro atoms. The highest BCUT2D eigenvalue weighted by Crippen LogP contribution is 2.48. The van der Waals surface area contributed by atoms with Crippen molar-refractivity contribution in [1.29, 1.82) is 0 Å². The summed E-state index contributed by atoms with van der Waals surface area (Å²) in [5.41, 5.74) is 6.69. The van der Waals surface area contributed by atoms with Crippen LogP contribution in [-0.2, 0) is 24.1 Å². The van der Waals surface area contributed by atoms with Crippen molar-refractivity contribution in [1.82, 2.24) is 0 Å². The van der Waals surface area contributed by atoms with Gasteiger partial charge >= 0.3 is 5.97 Å². The molecule has 0 saturated carbocycles. The molecule has 0 amide bonds. The molecule has 0 aliphatic rings. The highest BCUT2D eigenvalue weighted by molar-refractivity contribution is 9.11. The number of hydrogen-bond acceptors (Lipinski definition) is 3. The predicted molar refractivity (Wildman–Crippen MR) is 163 cm³/mol. The zero-order valence-electron chi connectivity index (χ0n) is 22.1. The van der Waals surface area contributed by atoms with Gasteiger partial charge in [0.15, 0.2) is 6.10 Å². The van der Waals surface area contributed by atoms with Crippen LogP contribution in [0.25, 0.3) is 32.0 Å². The lowest BCUT2D eigenvalue weighted by atomic mass is 9.89. The van der Waals surface area contributed by atoms with E-state index in [2.05, 4.69) is 80.0 Å². The number of carboxylic acids is 1. The van der Waals surface area contributed by atoms with Gasteiger partial charge in [0.1, 0.15) is 5.75 Å². The number of aliphatic carboxylic acids is 1. The van der Waals surface area contributed by atoms with Crippen LogP contribution in [0, 0.1) is 13.8 Å². The SMILES string of the molecule is CCc1cc(-c2c3ccccc3c(Br)c3sc(C)c(C)c23)cc(CC)c1O[C@H](Cc1ccccc1)C(=O)O. The van der Waals surface area contributed by atoms with Gasteiger partial charge in [0.25, 0.3) is 0 Å². The Morgan fingerprint density at radius 2 is 1.55 bits per heavy atom.